The first-order valence-electron chi connectivity index (χ1n) is 9.55. The Balaban J connectivity index is 0. The first-order valence-corrected chi connectivity index (χ1v) is 9.55. The van der Waals surface area contributed by atoms with Gasteiger partial charge in [0.1, 0.15) is 6.04 Å². The summed E-state index contributed by atoms with van der Waals surface area (Å²) in [6, 6.07) is -1.56. The molecule has 0 heterocycles. The van der Waals surface area contributed by atoms with Gasteiger partial charge in [0.2, 0.25) is 11.8 Å². The predicted molar refractivity (Wildman–Crippen MR) is 104 cm³/mol. The fourth-order valence-corrected chi connectivity index (χ4v) is 2.36. The number of carbonyl (C=O) groups is 4. The number of carboxylic acids is 1. The first-order chi connectivity index (χ1) is 13.4. The normalized spacial score (nSPS) is 12.1. The zero-order valence-corrected chi connectivity index (χ0v) is 19.9. The Morgan fingerprint density at radius 2 is 1.41 bits per heavy atom. The number of hydrogen-bond acceptors (Lipinski definition) is 6. The van der Waals surface area contributed by atoms with Crippen LogP contribution in [-0.2, 0) is 23.9 Å². The van der Waals surface area contributed by atoms with Crippen LogP contribution >= 0.6 is 0 Å². The van der Waals surface area contributed by atoms with E-state index >= 15 is 0 Å². The Morgan fingerprint density at radius 1 is 0.931 bits per heavy atom. The number of allylic oxidation sites excluding steroid dienone is 5. The molecule has 0 spiro atoms. The van der Waals surface area contributed by atoms with Gasteiger partial charge in [0.05, 0.1) is 6.26 Å². The average molecular weight is 415 g/mol. The van der Waals surface area contributed by atoms with Crippen LogP contribution in [0.1, 0.15) is 65.7 Å². The maximum atomic E-state index is 12.7. The van der Waals surface area contributed by atoms with Crippen LogP contribution in [0.25, 0.3) is 0 Å². The molecule has 7 nitrogen and oxygen atoms in total. The molecule has 1 unspecified atom stereocenters. The Kier molecular flexibility index (Phi) is 18.7. The molecule has 0 fully saturated rings. The molecular formula is C21H30NNaO6. The largest absolute Gasteiger partial charge is 1.00 e. The molecule has 0 aliphatic carbocycles. The van der Waals surface area contributed by atoms with Crippen molar-refractivity contribution in [1.82, 2.24) is 4.90 Å². The average Bonchev–Trinajstić information content (AvgIpc) is 2.65. The van der Waals surface area contributed by atoms with Crippen LogP contribution in [0.2, 0.25) is 0 Å². The van der Waals surface area contributed by atoms with Gasteiger partial charge in [0.15, 0.2) is 0 Å². The second kappa shape index (κ2) is 18.3. The van der Waals surface area contributed by atoms with Crippen molar-refractivity contribution >= 4 is 23.8 Å². The van der Waals surface area contributed by atoms with Gasteiger partial charge in [-0.05, 0) is 32.6 Å². The summed E-state index contributed by atoms with van der Waals surface area (Å²) in [5.74, 6) is -3.77. The van der Waals surface area contributed by atoms with Gasteiger partial charge >= 0.3 is 35.5 Å². The second-order valence-corrected chi connectivity index (χ2v) is 5.99. The smallest absolute Gasteiger partial charge is 0.550 e. The number of carbonyl (C=O) groups excluding carboxylic acids is 4. The van der Waals surface area contributed by atoms with E-state index in [1.54, 1.807) is 19.1 Å². The molecule has 0 rings (SSSR count). The summed E-state index contributed by atoms with van der Waals surface area (Å²) >= 11 is 0. The van der Waals surface area contributed by atoms with Crippen LogP contribution in [-0.4, -0.2) is 34.7 Å². The van der Waals surface area contributed by atoms with E-state index in [0.29, 0.717) is 12.8 Å². The van der Waals surface area contributed by atoms with Crippen molar-refractivity contribution in [3.8, 4) is 0 Å². The van der Waals surface area contributed by atoms with Crippen LogP contribution < -0.4 is 34.7 Å². The zero-order valence-electron chi connectivity index (χ0n) is 17.9. The van der Waals surface area contributed by atoms with Gasteiger partial charge < -0.3 is 14.6 Å². The third kappa shape index (κ3) is 13.2. The Hall–Kier alpha value is -1.70. The SMILES string of the molecule is C/C=C/OC(=O)C(CC(=O)[O-])N(C(=O)CC/C=C/CC)C(=O)CC/C=C/CC.[Na+]. The minimum Gasteiger partial charge on any atom is -0.550 e. The van der Waals surface area contributed by atoms with Crippen molar-refractivity contribution in [2.24, 2.45) is 0 Å². The van der Waals surface area contributed by atoms with Crippen molar-refractivity contribution in [2.45, 2.75) is 71.8 Å². The maximum absolute atomic E-state index is 12.7. The van der Waals surface area contributed by atoms with Crippen LogP contribution in [0.15, 0.2) is 36.6 Å². The van der Waals surface area contributed by atoms with E-state index in [-0.39, 0.29) is 42.4 Å². The van der Waals surface area contributed by atoms with E-state index in [0.717, 1.165) is 24.0 Å². The fraction of sp³-hybridized carbons (Fsp3) is 0.524. The number of ether oxygens (including phenoxy) is 1. The summed E-state index contributed by atoms with van der Waals surface area (Å²) < 4.78 is 4.84. The van der Waals surface area contributed by atoms with Crippen molar-refractivity contribution in [1.29, 1.82) is 0 Å². The molecule has 0 bridgehead atoms. The molecule has 0 radical (unpaired) electrons. The summed E-state index contributed by atoms with van der Waals surface area (Å²) in [4.78, 5) is 49.5. The second-order valence-electron chi connectivity index (χ2n) is 5.99. The monoisotopic (exact) mass is 415 g/mol. The zero-order chi connectivity index (χ0) is 21.4. The summed E-state index contributed by atoms with van der Waals surface area (Å²) in [6.45, 7) is 5.51. The standard InChI is InChI=1S/C21H31NO6.Na/c1-4-7-9-11-13-18(23)22(19(24)14-12-10-8-5-2)17(16-20(25)26)21(27)28-15-6-3;/h6-10,15,17H,4-5,11-14,16H2,1-3H3,(H,25,26);/q;+1/p-1/b9-7+,10-8+,15-6+;. The molecule has 0 saturated heterocycles. The number of imide groups is 1. The number of hydrogen-bond donors (Lipinski definition) is 0. The van der Waals surface area contributed by atoms with Gasteiger partial charge in [0.25, 0.3) is 0 Å². The molecule has 0 saturated carbocycles. The van der Waals surface area contributed by atoms with Gasteiger partial charge in [-0.15, -0.1) is 0 Å². The first kappa shape index (κ1) is 29.5. The minimum absolute atomic E-state index is 0. The molecule has 156 valence electrons. The van der Waals surface area contributed by atoms with E-state index < -0.39 is 36.2 Å². The molecule has 0 aromatic carbocycles. The number of amides is 2. The third-order valence-corrected chi connectivity index (χ3v) is 3.66. The molecule has 0 aliphatic rings. The number of esters is 1. The number of nitrogens with zero attached hydrogens (tertiary/aromatic N) is 1. The van der Waals surface area contributed by atoms with Crippen molar-refractivity contribution < 1.29 is 58.6 Å². The van der Waals surface area contributed by atoms with Gasteiger partial charge in [-0.1, -0.05) is 44.2 Å². The molecule has 0 aliphatic heterocycles. The van der Waals surface area contributed by atoms with E-state index in [4.69, 9.17) is 4.74 Å². The summed E-state index contributed by atoms with van der Waals surface area (Å²) in [5, 5.41) is 11.1. The molecule has 0 N–H and O–H groups in total. The maximum Gasteiger partial charge on any atom is 1.00 e. The van der Waals surface area contributed by atoms with Crippen LogP contribution in [0, 0.1) is 0 Å². The molecule has 2 amide bonds. The van der Waals surface area contributed by atoms with E-state index in [1.165, 1.54) is 6.08 Å². The fourth-order valence-electron chi connectivity index (χ4n) is 2.36. The van der Waals surface area contributed by atoms with E-state index in [9.17, 15) is 24.3 Å². The molecule has 0 aromatic rings. The van der Waals surface area contributed by atoms with E-state index in [2.05, 4.69) is 0 Å². The quantitative estimate of drug-likeness (QED) is 0.173. The molecule has 29 heavy (non-hydrogen) atoms. The Morgan fingerprint density at radius 3 is 1.79 bits per heavy atom. The summed E-state index contributed by atoms with van der Waals surface area (Å²) in [5.41, 5.74) is 0. The number of carboxylic acid groups (broad SMARTS) is 1. The molecular weight excluding hydrogens is 385 g/mol. The molecule has 8 heteroatoms. The number of aliphatic carboxylic acids is 1. The van der Waals surface area contributed by atoms with Gasteiger partial charge in [-0.3, -0.25) is 14.5 Å². The van der Waals surface area contributed by atoms with Crippen LogP contribution in [0.4, 0.5) is 0 Å². The Bertz CT molecular complexity index is 582. The van der Waals surface area contributed by atoms with E-state index in [1.807, 2.05) is 26.0 Å². The van der Waals surface area contributed by atoms with Crippen molar-refractivity contribution in [3.63, 3.8) is 0 Å². The topological polar surface area (TPSA) is 104 Å². The van der Waals surface area contributed by atoms with Gasteiger partial charge in [-0.25, -0.2) is 4.79 Å². The molecule has 1 atom stereocenters. The Labute approximate surface area is 195 Å². The minimum atomic E-state index is -1.56. The summed E-state index contributed by atoms with van der Waals surface area (Å²) in [7, 11) is 0. The number of rotatable bonds is 13. The van der Waals surface area contributed by atoms with Crippen LogP contribution in [0.5, 0.6) is 0 Å². The third-order valence-electron chi connectivity index (χ3n) is 3.66. The summed E-state index contributed by atoms with van der Waals surface area (Å²) in [6.07, 6.45) is 11.4. The van der Waals surface area contributed by atoms with Crippen molar-refractivity contribution in [2.75, 3.05) is 0 Å². The van der Waals surface area contributed by atoms with Gasteiger partial charge in [0, 0.05) is 25.2 Å². The van der Waals surface area contributed by atoms with Crippen molar-refractivity contribution in [3.05, 3.63) is 36.6 Å². The molecule has 0 aromatic heterocycles. The van der Waals surface area contributed by atoms with Gasteiger partial charge in [-0.2, -0.15) is 0 Å². The predicted octanol–water partition coefficient (Wildman–Crippen LogP) is -0.576. The van der Waals surface area contributed by atoms with Crippen LogP contribution in [0.3, 0.4) is 0 Å².